The third-order valence-electron chi connectivity index (χ3n) is 4.86. The van der Waals surface area contributed by atoms with Crippen LogP contribution in [0.5, 0.6) is 0 Å². The van der Waals surface area contributed by atoms with Gasteiger partial charge in [0.05, 0.1) is 0 Å². The van der Waals surface area contributed by atoms with Crippen molar-refractivity contribution in [1.29, 1.82) is 5.26 Å². The van der Waals surface area contributed by atoms with E-state index in [4.69, 9.17) is 5.26 Å². The zero-order chi connectivity index (χ0) is 16.2. The SMILES string of the molecule is Cn1cc(CN2CC[C@@H](c3ccccc3)[C@@H](CO)C2)cc1C#N. The molecule has 0 unspecified atom stereocenters. The van der Waals surface area contributed by atoms with Gasteiger partial charge in [0.25, 0.3) is 0 Å². The van der Waals surface area contributed by atoms with E-state index in [0.717, 1.165) is 26.1 Å². The number of piperidine rings is 1. The zero-order valence-electron chi connectivity index (χ0n) is 13.5. The van der Waals surface area contributed by atoms with E-state index in [2.05, 4.69) is 35.2 Å². The Morgan fingerprint density at radius 2 is 2.09 bits per heavy atom. The minimum atomic E-state index is 0.217. The number of aromatic nitrogens is 1. The van der Waals surface area contributed by atoms with E-state index in [1.807, 2.05) is 29.9 Å². The molecule has 2 atom stereocenters. The fourth-order valence-electron chi connectivity index (χ4n) is 3.66. The summed E-state index contributed by atoms with van der Waals surface area (Å²) in [5.41, 5.74) is 3.19. The Balaban J connectivity index is 1.67. The van der Waals surface area contributed by atoms with E-state index in [1.54, 1.807) is 0 Å². The molecule has 1 aliphatic rings. The van der Waals surface area contributed by atoms with Crippen molar-refractivity contribution in [1.82, 2.24) is 9.47 Å². The molecule has 120 valence electrons. The summed E-state index contributed by atoms with van der Waals surface area (Å²) in [6, 6.07) is 14.7. The Bertz CT molecular complexity index is 686. The number of nitrogens with zero attached hydrogens (tertiary/aromatic N) is 3. The number of hydrogen-bond donors (Lipinski definition) is 1. The predicted octanol–water partition coefficient (Wildman–Crippen LogP) is 2.49. The number of hydrogen-bond acceptors (Lipinski definition) is 3. The molecule has 2 aromatic rings. The Kier molecular flexibility index (Phi) is 4.80. The summed E-state index contributed by atoms with van der Waals surface area (Å²) in [6.45, 7) is 2.97. The number of aliphatic hydroxyl groups excluding tert-OH is 1. The summed E-state index contributed by atoms with van der Waals surface area (Å²) in [4.78, 5) is 2.39. The molecular formula is C19H23N3O. The molecule has 1 aliphatic heterocycles. The number of nitriles is 1. The van der Waals surface area contributed by atoms with Gasteiger partial charge in [-0.1, -0.05) is 30.3 Å². The van der Waals surface area contributed by atoms with Crippen molar-refractivity contribution in [3.8, 4) is 6.07 Å². The van der Waals surface area contributed by atoms with Gasteiger partial charge in [0.15, 0.2) is 0 Å². The average molecular weight is 309 g/mol. The first kappa shape index (κ1) is 15.8. The summed E-state index contributed by atoms with van der Waals surface area (Å²) in [5.74, 6) is 0.702. The largest absolute Gasteiger partial charge is 0.396 e. The fourth-order valence-corrected chi connectivity index (χ4v) is 3.66. The first-order valence-corrected chi connectivity index (χ1v) is 8.14. The van der Waals surface area contributed by atoms with Crippen molar-refractivity contribution in [2.75, 3.05) is 19.7 Å². The minimum absolute atomic E-state index is 0.217. The maximum Gasteiger partial charge on any atom is 0.120 e. The van der Waals surface area contributed by atoms with Crippen LogP contribution in [-0.2, 0) is 13.6 Å². The fraction of sp³-hybridized carbons (Fsp3) is 0.421. The van der Waals surface area contributed by atoms with Crippen molar-refractivity contribution in [2.45, 2.75) is 18.9 Å². The molecular weight excluding hydrogens is 286 g/mol. The Hall–Kier alpha value is -2.09. The van der Waals surface area contributed by atoms with Crippen LogP contribution in [0.1, 0.15) is 29.2 Å². The summed E-state index contributed by atoms with van der Waals surface area (Å²) in [7, 11) is 1.90. The van der Waals surface area contributed by atoms with Gasteiger partial charge in [-0.25, -0.2) is 0 Å². The smallest absolute Gasteiger partial charge is 0.120 e. The molecule has 1 saturated heterocycles. The highest BCUT2D eigenvalue weighted by molar-refractivity contribution is 5.28. The molecule has 0 amide bonds. The molecule has 1 aromatic heterocycles. The summed E-state index contributed by atoms with van der Waals surface area (Å²) in [6.07, 6.45) is 3.09. The number of benzene rings is 1. The van der Waals surface area contributed by atoms with Crippen LogP contribution in [0.15, 0.2) is 42.6 Å². The van der Waals surface area contributed by atoms with Crippen LogP contribution in [0.3, 0.4) is 0 Å². The lowest BCUT2D eigenvalue weighted by Crippen LogP contribution is -2.40. The second-order valence-corrected chi connectivity index (χ2v) is 6.44. The van der Waals surface area contributed by atoms with Gasteiger partial charge < -0.3 is 9.67 Å². The van der Waals surface area contributed by atoms with Crippen LogP contribution in [-0.4, -0.2) is 34.3 Å². The topological polar surface area (TPSA) is 52.2 Å². The molecule has 0 saturated carbocycles. The van der Waals surface area contributed by atoms with E-state index in [1.165, 1.54) is 11.1 Å². The Labute approximate surface area is 137 Å². The number of likely N-dealkylation sites (tertiary alicyclic amines) is 1. The van der Waals surface area contributed by atoms with Crippen LogP contribution in [0.4, 0.5) is 0 Å². The molecule has 1 aromatic carbocycles. The highest BCUT2D eigenvalue weighted by atomic mass is 16.3. The third kappa shape index (κ3) is 3.47. The van der Waals surface area contributed by atoms with Crippen molar-refractivity contribution in [2.24, 2.45) is 13.0 Å². The molecule has 0 spiro atoms. The Morgan fingerprint density at radius 3 is 2.74 bits per heavy atom. The van der Waals surface area contributed by atoms with Crippen molar-refractivity contribution >= 4 is 0 Å². The molecule has 0 bridgehead atoms. The van der Waals surface area contributed by atoms with Crippen molar-refractivity contribution < 1.29 is 5.11 Å². The molecule has 1 fully saturated rings. The number of rotatable bonds is 4. The highest BCUT2D eigenvalue weighted by Crippen LogP contribution is 2.33. The Morgan fingerprint density at radius 1 is 1.30 bits per heavy atom. The molecule has 4 nitrogen and oxygen atoms in total. The number of aliphatic hydroxyl groups is 1. The van der Waals surface area contributed by atoms with Gasteiger partial charge in [-0.15, -0.1) is 0 Å². The van der Waals surface area contributed by atoms with Gasteiger partial charge in [0.1, 0.15) is 11.8 Å². The maximum absolute atomic E-state index is 9.82. The standard InChI is InChI=1S/C19H23N3O/c1-21-11-15(9-18(21)10-20)12-22-8-7-19(17(13-22)14-23)16-5-3-2-4-6-16/h2-6,9,11,17,19,23H,7-8,12-14H2,1H3/t17-,19+/m1/s1. The van der Waals surface area contributed by atoms with Crippen LogP contribution in [0.2, 0.25) is 0 Å². The average Bonchev–Trinajstić information content (AvgIpc) is 2.95. The normalized spacial score (nSPS) is 22.0. The van der Waals surface area contributed by atoms with Gasteiger partial charge in [-0.2, -0.15) is 5.26 Å². The third-order valence-corrected chi connectivity index (χ3v) is 4.86. The van der Waals surface area contributed by atoms with E-state index < -0.39 is 0 Å². The molecule has 3 rings (SSSR count). The molecule has 23 heavy (non-hydrogen) atoms. The van der Waals surface area contributed by atoms with E-state index in [-0.39, 0.29) is 12.5 Å². The van der Waals surface area contributed by atoms with Crippen molar-refractivity contribution in [3.63, 3.8) is 0 Å². The van der Waals surface area contributed by atoms with Crippen LogP contribution in [0, 0.1) is 17.2 Å². The van der Waals surface area contributed by atoms with Gasteiger partial charge >= 0.3 is 0 Å². The van der Waals surface area contributed by atoms with E-state index in [9.17, 15) is 5.11 Å². The zero-order valence-corrected chi connectivity index (χ0v) is 13.5. The van der Waals surface area contributed by atoms with Crippen molar-refractivity contribution in [3.05, 3.63) is 59.4 Å². The second kappa shape index (κ2) is 6.99. The molecule has 2 heterocycles. The van der Waals surface area contributed by atoms with Crippen LogP contribution in [0.25, 0.3) is 0 Å². The highest BCUT2D eigenvalue weighted by Gasteiger charge is 2.29. The quantitative estimate of drug-likeness (QED) is 0.944. The number of aryl methyl sites for hydroxylation is 1. The lowest BCUT2D eigenvalue weighted by atomic mass is 9.81. The summed E-state index contributed by atoms with van der Waals surface area (Å²) in [5, 5.41) is 18.9. The van der Waals surface area contributed by atoms with Gasteiger partial charge in [-0.05, 0) is 36.1 Å². The maximum atomic E-state index is 9.82. The van der Waals surface area contributed by atoms with Gasteiger partial charge in [0, 0.05) is 38.9 Å². The van der Waals surface area contributed by atoms with Gasteiger partial charge in [-0.3, -0.25) is 4.90 Å². The minimum Gasteiger partial charge on any atom is -0.396 e. The molecule has 1 N–H and O–H groups in total. The first-order chi connectivity index (χ1) is 11.2. The molecule has 0 aliphatic carbocycles. The predicted molar refractivity (Wildman–Crippen MR) is 89.8 cm³/mol. The van der Waals surface area contributed by atoms with Crippen LogP contribution < -0.4 is 0 Å². The monoisotopic (exact) mass is 309 g/mol. The van der Waals surface area contributed by atoms with Crippen LogP contribution >= 0.6 is 0 Å². The first-order valence-electron chi connectivity index (χ1n) is 8.14. The van der Waals surface area contributed by atoms with E-state index in [0.29, 0.717) is 11.6 Å². The lowest BCUT2D eigenvalue weighted by molar-refractivity contribution is 0.0972. The van der Waals surface area contributed by atoms with E-state index >= 15 is 0 Å². The molecule has 4 heteroatoms. The van der Waals surface area contributed by atoms with Gasteiger partial charge in [0.2, 0.25) is 0 Å². The lowest BCUT2D eigenvalue weighted by Gasteiger charge is -2.38. The second-order valence-electron chi connectivity index (χ2n) is 6.44. The molecule has 0 radical (unpaired) electrons. The summed E-state index contributed by atoms with van der Waals surface area (Å²) >= 11 is 0. The summed E-state index contributed by atoms with van der Waals surface area (Å²) < 4.78 is 1.87.